The second kappa shape index (κ2) is 13.4. The van der Waals surface area contributed by atoms with Crippen LogP contribution in [-0.4, -0.2) is 65.0 Å². The third-order valence-electron chi connectivity index (χ3n) is 5.72. The average Bonchev–Trinajstić information content (AvgIpc) is 2.88. The number of nitrogens with two attached hydrogens (primary N) is 2. The molecule has 2 aromatic carbocycles. The van der Waals surface area contributed by atoms with Gasteiger partial charge in [0.2, 0.25) is 11.8 Å². The Morgan fingerprint density at radius 1 is 1.00 bits per heavy atom. The van der Waals surface area contributed by atoms with Gasteiger partial charge in [0, 0.05) is 24.9 Å². The van der Waals surface area contributed by atoms with Gasteiger partial charge in [-0.2, -0.15) is 0 Å². The number of aliphatic carboxylic acids is 1. The molecule has 0 aliphatic heterocycles. The molecule has 0 heterocycles. The standard InChI is InChI=1S/C25H31N7O7/c1-39-24(38)32-25(8-7-20(35)36,11-14-3-2-4-16(9-14)21(26)27)23(37)31-13-19(34)30-12-15-5-6-17(22(28)29)18(33)10-15/h2-6,9-10,33H,7-8,11-13H2,1H3,(H3,26,27)(H3,28,29)(H,30,34)(H,31,37)(H,32,38)(H,35,36)/t25-/m1/s1. The van der Waals surface area contributed by atoms with Crippen LogP contribution in [0.1, 0.15) is 35.1 Å². The van der Waals surface area contributed by atoms with Crippen molar-refractivity contribution in [2.75, 3.05) is 13.7 Å². The van der Waals surface area contributed by atoms with E-state index in [1.54, 1.807) is 24.3 Å². The number of aromatic hydroxyl groups is 1. The van der Waals surface area contributed by atoms with Gasteiger partial charge in [-0.05, 0) is 35.7 Å². The highest BCUT2D eigenvalue weighted by Crippen LogP contribution is 2.22. The molecule has 0 aliphatic carbocycles. The fourth-order valence-corrected chi connectivity index (χ4v) is 3.72. The van der Waals surface area contributed by atoms with Crippen molar-refractivity contribution in [2.24, 2.45) is 11.5 Å². The second-order valence-electron chi connectivity index (χ2n) is 8.61. The fraction of sp³-hybridized carbons (Fsp3) is 0.280. The van der Waals surface area contributed by atoms with Gasteiger partial charge in [0.1, 0.15) is 23.0 Å². The minimum absolute atomic E-state index is 0.0111. The lowest BCUT2D eigenvalue weighted by atomic mass is 9.84. The van der Waals surface area contributed by atoms with Crippen molar-refractivity contribution < 1.29 is 34.1 Å². The predicted molar refractivity (Wildman–Crippen MR) is 140 cm³/mol. The number of carboxylic acids is 1. The summed E-state index contributed by atoms with van der Waals surface area (Å²) in [7, 11) is 1.08. The minimum Gasteiger partial charge on any atom is -0.507 e. The number of nitrogen functional groups attached to an aromatic ring is 2. The number of benzene rings is 2. The van der Waals surface area contributed by atoms with Gasteiger partial charge in [-0.3, -0.25) is 25.2 Å². The third kappa shape index (κ3) is 8.73. The van der Waals surface area contributed by atoms with Gasteiger partial charge >= 0.3 is 12.1 Å². The molecule has 0 saturated heterocycles. The molecular weight excluding hydrogens is 510 g/mol. The van der Waals surface area contributed by atoms with E-state index in [0.717, 1.165) is 7.11 Å². The highest BCUT2D eigenvalue weighted by atomic mass is 16.5. The molecule has 0 radical (unpaired) electrons. The van der Waals surface area contributed by atoms with E-state index >= 15 is 0 Å². The van der Waals surface area contributed by atoms with Gasteiger partial charge in [0.05, 0.1) is 19.2 Å². The van der Waals surface area contributed by atoms with Gasteiger partial charge in [-0.15, -0.1) is 0 Å². The lowest BCUT2D eigenvalue weighted by molar-refractivity contribution is -0.138. The van der Waals surface area contributed by atoms with Crippen LogP contribution >= 0.6 is 0 Å². The highest BCUT2D eigenvalue weighted by molar-refractivity contribution is 5.97. The number of nitrogens with one attached hydrogen (secondary N) is 5. The van der Waals surface area contributed by atoms with Crippen LogP contribution in [0.3, 0.4) is 0 Å². The molecule has 2 rings (SSSR count). The van der Waals surface area contributed by atoms with E-state index in [4.69, 9.17) is 22.3 Å². The number of hydrogen-bond donors (Lipinski definition) is 9. The molecule has 0 unspecified atom stereocenters. The Balaban J connectivity index is 2.21. The maximum atomic E-state index is 13.4. The van der Waals surface area contributed by atoms with Crippen molar-refractivity contribution >= 4 is 35.5 Å². The Morgan fingerprint density at radius 3 is 2.31 bits per heavy atom. The van der Waals surface area contributed by atoms with Crippen molar-refractivity contribution in [3.05, 3.63) is 64.7 Å². The van der Waals surface area contributed by atoms with E-state index in [2.05, 4.69) is 20.7 Å². The molecule has 0 bridgehead atoms. The molecule has 11 N–H and O–H groups in total. The second-order valence-corrected chi connectivity index (χ2v) is 8.61. The molecule has 0 fully saturated rings. The quantitative estimate of drug-likeness (QED) is 0.121. The normalized spacial score (nSPS) is 11.9. The topological polar surface area (TPSA) is 254 Å². The Morgan fingerprint density at radius 2 is 1.72 bits per heavy atom. The highest BCUT2D eigenvalue weighted by Gasteiger charge is 2.41. The van der Waals surface area contributed by atoms with E-state index in [1.807, 2.05) is 0 Å². The minimum atomic E-state index is -1.82. The maximum absolute atomic E-state index is 13.4. The Hall–Kier alpha value is -5.14. The molecule has 14 nitrogen and oxygen atoms in total. The molecule has 208 valence electrons. The van der Waals surface area contributed by atoms with E-state index in [0.29, 0.717) is 16.7 Å². The van der Waals surface area contributed by atoms with Crippen LogP contribution in [0, 0.1) is 10.8 Å². The Labute approximate surface area is 223 Å². The van der Waals surface area contributed by atoms with Gasteiger partial charge < -0.3 is 42.4 Å². The van der Waals surface area contributed by atoms with E-state index in [1.165, 1.54) is 18.2 Å². The monoisotopic (exact) mass is 541 g/mol. The number of carbonyl (C=O) groups is 4. The van der Waals surface area contributed by atoms with Gasteiger partial charge in [-0.1, -0.05) is 24.3 Å². The Kier molecular flexibility index (Phi) is 10.4. The Bertz CT molecular complexity index is 1280. The van der Waals surface area contributed by atoms with Gasteiger partial charge in [-0.25, -0.2) is 4.79 Å². The van der Waals surface area contributed by atoms with Crippen LogP contribution in [-0.2, 0) is 32.1 Å². The van der Waals surface area contributed by atoms with E-state index in [-0.39, 0.29) is 42.4 Å². The summed E-state index contributed by atoms with van der Waals surface area (Å²) >= 11 is 0. The van der Waals surface area contributed by atoms with Crippen molar-refractivity contribution in [2.45, 2.75) is 31.3 Å². The SMILES string of the molecule is COC(=O)N[C@](CCC(=O)O)(Cc1cccc(C(=N)N)c1)C(=O)NCC(=O)NCc1ccc(C(=N)N)c(O)c1. The third-order valence-corrected chi connectivity index (χ3v) is 5.72. The first-order valence-corrected chi connectivity index (χ1v) is 11.6. The average molecular weight is 542 g/mol. The van der Waals surface area contributed by atoms with Gasteiger partial charge in [0.25, 0.3) is 0 Å². The van der Waals surface area contributed by atoms with Crippen LogP contribution in [0.5, 0.6) is 5.75 Å². The zero-order valence-electron chi connectivity index (χ0n) is 21.2. The van der Waals surface area contributed by atoms with Crippen LogP contribution < -0.4 is 27.4 Å². The number of carbonyl (C=O) groups excluding carboxylic acids is 3. The lowest BCUT2D eigenvalue weighted by Gasteiger charge is -2.33. The number of carboxylic acid groups (broad SMARTS) is 1. The molecule has 0 saturated carbocycles. The summed E-state index contributed by atoms with van der Waals surface area (Å²) in [6.45, 7) is -0.523. The van der Waals surface area contributed by atoms with Gasteiger partial charge in [0.15, 0.2) is 0 Å². The first-order valence-electron chi connectivity index (χ1n) is 11.6. The van der Waals surface area contributed by atoms with Crippen molar-refractivity contribution in [3.63, 3.8) is 0 Å². The maximum Gasteiger partial charge on any atom is 0.407 e. The zero-order valence-corrected chi connectivity index (χ0v) is 21.2. The molecule has 3 amide bonds. The molecule has 2 aromatic rings. The summed E-state index contributed by atoms with van der Waals surface area (Å²) < 4.78 is 4.66. The molecule has 14 heteroatoms. The number of ether oxygens (including phenoxy) is 1. The summed E-state index contributed by atoms with van der Waals surface area (Å²) in [6.07, 6.45) is -2.00. The fourth-order valence-electron chi connectivity index (χ4n) is 3.72. The van der Waals surface area contributed by atoms with Crippen molar-refractivity contribution in [1.29, 1.82) is 10.8 Å². The molecule has 1 atom stereocenters. The van der Waals surface area contributed by atoms with Crippen LogP contribution in [0.2, 0.25) is 0 Å². The van der Waals surface area contributed by atoms with Crippen LogP contribution in [0.4, 0.5) is 4.79 Å². The zero-order chi connectivity index (χ0) is 29.2. The van der Waals surface area contributed by atoms with E-state index in [9.17, 15) is 29.4 Å². The molecule has 0 aliphatic rings. The summed E-state index contributed by atoms with van der Waals surface area (Å²) in [5.74, 6) is -3.42. The predicted octanol–water partition coefficient (Wildman–Crippen LogP) is -0.105. The number of amides is 3. The number of alkyl carbamates (subject to hydrolysis) is 1. The number of phenols is 1. The smallest absolute Gasteiger partial charge is 0.407 e. The summed E-state index contributed by atoms with van der Waals surface area (Å²) in [5, 5.41) is 41.7. The number of phenolic OH excluding ortho intramolecular Hbond substituents is 1. The molecule has 0 spiro atoms. The summed E-state index contributed by atoms with van der Waals surface area (Å²) in [4.78, 5) is 49.4. The van der Waals surface area contributed by atoms with Crippen molar-refractivity contribution in [3.8, 4) is 5.75 Å². The number of hydrogen-bond acceptors (Lipinski definition) is 8. The van der Waals surface area contributed by atoms with Crippen molar-refractivity contribution in [1.82, 2.24) is 16.0 Å². The summed E-state index contributed by atoms with van der Waals surface area (Å²) in [6, 6.07) is 10.6. The summed E-state index contributed by atoms with van der Waals surface area (Å²) in [5.41, 5.74) is 10.6. The molecule has 0 aromatic heterocycles. The lowest BCUT2D eigenvalue weighted by Crippen LogP contribution is -2.61. The number of rotatable bonds is 13. The number of methoxy groups -OCH3 is 1. The van der Waals surface area contributed by atoms with Crippen LogP contribution in [0.25, 0.3) is 0 Å². The first kappa shape index (κ1) is 30.1. The van der Waals surface area contributed by atoms with E-state index < -0.39 is 42.4 Å². The van der Waals surface area contributed by atoms with Crippen LogP contribution in [0.15, 0.2) is 42.5 Å². The molecule has 39 heavy (non-hydrogen) atoms. The number of amidine groups is 2. The largest absolute Gasteiger partial charge is 0.507 e. The first-order chi connectivity index (χ1) is 18.4. The molecular formula is C25H31N7O7.